The number of carboxylic acids is 1. The lowest BCUT2D eigenvalue weighted by Gasteiger charge is -2.33. The summed E-state index contributed by atoms with van der Waals surface area (Å²) >= 11 is 0. The van der Waals surface area contributed by atoms with Crippen LogP contribution in [0.3, 0.4) is 0 Å². The Morgan fingerprint density at radius 1 is 1.48 bits per heavy atom. The van der Waals surface area contributed by atoms with Crippen LogP contribution in [-0.4, -0.2) is 33.2 Å². The Kier molecular flexibility index (Phi) is 3.30. The number of nitrogens with zero attached hydrogens (tertiary/aromatic N) is 3. The number of ether oxygens (including phenoxy) is 1. The molecule has 0 bridgehead atoms. The first-order chi connectivity index (χ1) is 12.9. The van der Waals surface area contributed by atoms with Gasteiger partial charge in [-0.05, 0) is 19.9 Å². The van der Waals surface area contributed by atoms with Crippen molar-refractivity contribution < 1.29 is 19.4 Å². The van der Waals surface area contributed by atoms with Gasteiger partial charge in [-0.3, -0.25) is 14.8 Å². The van der Waals surface area contributed by atoms with Crippen LogP contribution in [0.1, 0.15) is 23.7 Å². The van der Waals surface area contributed by atoms with Gasteiger partial charge in [0.1, 0.15) is 23.1 Å². The number of benzene rings is 1. The van der Waals surface area contributed by atoms with Gasteiger partial charge in [-0.2, -0.15) is 5.26 Å². The molecular weight excluding hydrogens is 350 g/mol. The fourth-order valence-electron chi connectivity index (χ4n) is 3.91. The van der Waals surface area contributed by atoms with Gasteiger partial charge in [0, 0.05) is 16.9 Å². The Morgan fingerprint density at radius 2 is 2.19 bits per heavy atom. The molecule has 0 aliphatic carbocycles. The number of carbonyl (C=O) groups is 2. The Balaban J connectivity index is 2.14. The van der Waals surface area contributed by atoms with Gasteiger partial charge < -0.3 is 15.6 Å². The fourth-order valence-corrected chi connectivity index (χ4v) is 3.91. The molecule has 1 aromatic heterocycles. The molecule has 2 aliphatic heterocycles. The Morgan fingerprint density at radius 3 is 2.85 bits per heavy atom. The van der Waals surface area contributed by atoms with Crippen molar-refractivity contribution in [2.24, 2.45) is 5.73 Å². The summed E-state index contributed by atoms with van der Waals surface area (Å²) in [6.07, 6.45) is 0. The standard InChI is InChI=1S/C18H15N5O4/c1-8-13-15(22-21-8)27-14(20)11(7-19)18(13)10-5-3-4-6-12(10)23(17(18)26)9(2)16(24)25/h3-6,9H,20H2,1-2H3,(H,21,22)(H,24,25)/t9-,18+/m0/s1. The monoisotopic (exact) mass is 365 g/mol. The van der Waals surface area contributed by atoms with E-state index in [1.54, 1.807) is 31.2 Å². The first kappa shape index (κ1) is 16.7. The minimum absolute atomic E-state index is 0.0861. The maximum atomic E-state index is 13.7. The minimum Gasteiger partial charge on any atom is -0.480 e. The molecular formula is C18H15N5O4. The lowest BCUT2D eigenvalue weighted by Crippen LogP contribution is -2.50. The number of para-hydroxylation sites is 1. The van der Waals surface area contributed by atoms with Gasteiger partial charge in [-0.15, -0.1) is 5.10 Å². The Bertz CT molecular complexity index is 1080. The summed E-state index contributed by atoms with van der Waals surface area (Å²) in [5.41, 5.74) is 6.04. The first-order valence-electron chi connectivity index (χ1n) is 8.15. The van der Waals surface area contributed by atoms with Crippen LogP contribution in [0.4, 0.5) is 5.69 Å². The number of fused-ring (bicyclic) bond motifs is 4. The predicted octanol–water partition coefficient (Wildman–Crippen LogP) is 0.910. The summed E-state index contributed by atoms with van der Waals surface area (Å²) in [5.74, 6) is -1.88. The number of carboxylic acid groups (broad SMARTS) is 1. The molecule has 27 heavy (non-hydrogen) atoms. The highest BCUT2D eigenvalue weighted by molar-refractivity contribution is 6.16. The normalized spacial score (nSPS) is 21.5. The molecule has 136 valence electrons. The molecule has 9 nitrogen and oxygen atoms in total. The molecule has 4 rings (SSSR count). The molecule has 3 heterocycles. The number of hydrogen-bond donors (Lipinski definition) is 3. The van der Waals surface area contributed by atoms with Crippen molar-refractivity contribution in [1.29, 1.82) is 5.26 Å². The van der Waals surface area contributed by atoms with Gasteiger partial charge in [0.05, 0.1) is 5.56 Å². The molecule has 4 N–H and O–H groups in total. The molecule has 0 radical (unpaired) electrons. The lowest BCUT2D eigenvalue weighted by atomic mass is 9.69. The zero-order valence-corrected chi connectivity index (χ0v) is 14.5. The maximum Gasteiger partial charge on any atom is 0.326 e. The van der Waals surface area contributed by atoms with Crippen molar-refractivity contribution in [3.8, 4) is 11.9 Å². The van der Waals surface area contributed by atoms with Gasteiger partial charge in [0.2, 0.25) is 17.7 Å². The topological polar surface area (TPSA) is 145 Å². The van der Waals surface area contributed by atoms with Gasteiger partial charge in [0.25, 0.3) is 0 Å². The number of amides is 1. The number of nitrogens with one attached hydrogen (secondary N) is 1. The van der Waals surface area contributed by atoms with E-state index < -0.39 is 23.3 Å². The van der Waals surface area contributed by atoms with E-state index >= 15 is 0 Å². The number of rotatable bonds is 2. The third-order valence-electron chi connectivity index (χ3n) is 5.08. The predicted molar refractivity (Wildman–Crippen MR) is 92.6 cm³/mol. The van der Waals surface area contributed by atoms with Gasteiger partial charge in [-0.25, -0.2) is 4.79 Å². The summed E-state index contributed by atoms with van der Waals surface area (Å²) in [4.78, 5) is 26.6. The number of hydrogen-bond acceptors (Lipinski definition) is 6. The van der Waals surface area contributed by atoms with Crippen molar-refractivity contribution in [1.82, 2.24) is 10.2 Å². The molecule has 0 saturated heterocycles. The van der Waals surface area contributed by atoms with Crippen molar-refractivity contribution >= 4 is 17.6 Å². The number of aromatic amines is 1. The number of anilines is 1. The molecule has 2 aromatic rings. The van der Waals surface area contributed by atoms with Crippen molar-refractivity contribution in [3.05, 3.63) is 52.5 Å². The largest absolute Gasteiger partial charge is 0.480 e. The second-order valence-corrected chi connectivity index (χ2v) is 6.44. The number of aromatic nitrogens is 2. The van der Waals surface area contributed by atoms with Crippen LogP contribution in [0.5, 0.6) is 5.88 Å². The highest BCUT2D eigenvalue weighted by atomic mass is 16.5. The summed E-state index contributed by atoms with van der Waals surface area (Å²) in [5, 5.41) is 26.2. The van der Waals surface area contributed by atoms with Crippen molar-refractivity contribution in [3.63, 3.8) is 0 Å². The molecule has 2 aliphatic rings. The van der Waals surface area contributed by atoms with Crippen LogP contribution in [0, 0.1) is 18.3 Å². The third-order valence-corrected chi connectivity index (χ3v) is 5.08. The zero-order chi connectivity index (χ0) is 19.5. The molecule has 1 amide bonds. The summed E-state index contributed by atoms with van der Waals surface area (Å²) in [6.45, 7) is 3.12. The number of nitrogens with two attached hydrogens (primary N) is 1. The second kappa shape index (κ2) is 5.35. The molecule has 2 atom stereocenters. The molecule has 0 unspecified atom stereocenters. The average Bonchev–Trinajstić information content (AvgIpc) is 3.12. The highest BCUT2D eigenvalue weighted by Crippen LogP contribution is 2.55. The summed E-state index contributed by atoms with van der Waals surface area (Å²) < 4.78 is 5.45. The van der Waals surface area contributed by atoms with Gasteiger partial charge in [-0.1, -0.05) is 18.2 Å². The fraction of sp³-hybridized carbons (Fsp3) is 0.222. The smallest absolute Gasteiger partial charge is 0.326 e. The van der Waals surface area contributed by atoms with Gasteiger partial charge >= 0.3 is 5.97 Å². The van der Waals surface area contributed by atoms with Crippen molar-refractivity contribution in [2.45, 2.75) is 25.3 Å². The maximum absolute atomic E-state index is 13.7. The Labute approximate surface area is 153 Å². The number of H-pyrrole nitrogens is 1. The number of carbonyl (C=O) groups excluding carboxylic acids is 1. The van der Waals surface area contributed by atoms with Crippen LogP contribution in [-0.2, 0) is 15.0 Å². The first-order valence-corrected chi connectivity index (χ1v) is 8.15. The quantitative estimate of drug-likeness (QED) is 0.717. The van der Waals surface area contributed by atoms with E-state index in [1.807, 2.05) is 6.07 Å². The van der Waals surface area contributed by atoms with Crippen LogP contribution in [0.15, 0.2) is 35.7 Å². The molecule has 1 spiro atoms. The Hall–Kier alpha value is -3.80. The molecule has 1 aromatic carbocycles. The number of aliphatic carboxylic acids is 1. The van der Waals surface area contributed by atoms with E-state index in [1.165, 1.54) is 11.8 Å². The van der Waals surface area contributed by atoms with Crippen LogP contribution < -0.4 is 15.4 Å². The van der Waals surface area contributed by atoms with E-state index in [0.29, 0.717) is 22.5 Å². The van der Waals surface area contributed by atoms with Crippen molar-refractivity contribution in [2.75, 3.05) is 4.90 Å². The van der Waals surface area contributed by atoms with E-state index in [-0.39, 0.29) is 17.3 Å². The number of nitriles is 1. The van der Waals surface area contributed by atoms with Crippen LogP contribution >= 0.6 is 0 Å². The van der Waals surface area contributed by atoms with E-state index in [4.69, 9.17) is 10.5 Å². The lowest BCUT2D eigenvalue weighted by molar-refractivity contribution is -0.139. The third kappa shape index (κ3) is 1.84. The van der Waals surface area contributed by atoms with Crippen LogP contribution in [0.2, 0.25) is 0 Å². The second-order valence-electron chi connectivity index (χ2n) is 6.44. The minimum atomic E-state index is -1.61. The summed E-state index contributed by atoms with van der Waals surface area (Å²) in [6, 6.07) is 7.62. The van der Waals surface area contributed by atoms with E-state index in [2.05, 4.69) is 10.2 Å². The summed E-state index contributed by atoms with van der Waals surface area (Å²) in [7, 11) is 0. The number of aryl methyl sites for hydroxylation is 1. The van der Waals surface area contributed by atoms with Gasteiger partial charge in [0.15, 0.2) is 0 Å². The zero-order valence-electron chi connectivity index (χ0n) is 14.5. The van der Waals surface area contributed by atoms with E-state index in [0.717, 1.165) is 0 Å². The molecule has 0 saturated carbocycles. The van der Waals surface area contributed by atoms with E-state index in [9.17, 15) is 20.0 Å². The van der Waals surface area contributed by atoms with Crippen LogP contribution in [0.25, 0.3) is 0 Å². The SMILES string of the molecule is Cc1[nH]nc2c1[C@]1(C(=O)N([C@@H](C)C(=O)O)c3ccccc31)C(C#N)=C(N)O2. The molecule has 0 fully saturated rings. The highest BCUT2D eigenvalue weighted by Gasteiger charge is 2.61. The average molecular weight is 365 g/mol. The molecule has 9 heteroatoms.